The summed E-state index contributed by atoms with van der Waals surface area (Å²) in [7, 11) is 0. The van der Waals surface area contributed by atoms with Gasteiger partial charge in [-0.15, -0.1) is 0 Å². The summed E-state index contributed by atoms with van der Waals surface area (Å²) < 4.78 is 5.50. The number of hydrogen-bond donors (Lipinski definition) is 1. The summed E-state index contributed by atoms with van der Waals surface area (Å²) in [5.74, 6) is 1.03. The Labute approximate surface area is 102 Å². The largest absolute Gasteiger partial charge is 0.392 e. The lowest BCUT2D eigenvalue weighted by atomic mass is 10.1. The van der Waals surface area contributed by atoms with Crippen LogP contribution in [0.3, 0.4) is 0 Å². The van der Waals surface area contributed by atoms with E-state index in [-0.39, 0.29) is 6.61 Å². The monoisotopic (exact) mass is 236 g/mol. The molecule has 0 saturated carbocycles. The van der Waals surface area contributed by atoms with Crippen molar-refractivity contribution in [3.63, 3.8) is 0 Å². The van der Waals surface area contributed by atoms with Gasteiger partial charge in [-0.05, 0) is 30.5 Å². The van der Waals surface area contributed by atoms with Gasteiger partial charge in [0.2, 0.25) is 0 Å². The zero-order valence-electron chi connectivity index (χ0n) is 10.5. The molecule has 0 aromatic carbocycles. The van der Waals surface area contributed by atoms with E-state index < -0.39 is 0 Å². The predicted molar refractivity (Wildman–Crippen MR) is 67.1 cm³/mol. The van der Waals surface area contributed by atoms with Crippen LogP contribution in [-0.4, -0.2) is 35.9 Å². The van der Waals surface area contributed by atoms with Crippen LogP contribution in [0, 0.1) is 6.92 Å². The average molecular weight is 236 g/mol. The van der Waals surface area contributed by atoms with Gasteiger partial charge in [-0.25, -0.2) is 4.98 Å². The standard InChI is InChI=1S/C13H20N2O2/c1-3-12-9-17-5-4-15(12)13-10(2)6-11(8-16)7-14-13/h6-7,12,16H,3-5,8-9H2,1-2H3. The molecule has 4 nitrogen and oxygen atoms in total. The van der Waals surface area contributed by atoms with Crippen molar-refractivity contribution in [2.45, 2.75) is 32.9 Å². The normalized spacial score (nSPS) is 20.6. The predicted octanol–water partition coefficient (Wildman–Crippen LogP) is 1.50. The van der Waals surface area contributed by atoms with E-state index in [9.17, 15) is 0 Å². The second-order valence-electron chi connectivity index (χ2n) is 4.47. The quantitative estimate of drug-likeness (QED) is 0.864. The van der Waals surface area contributed by atoms with E-state index in [0.29, 0.717) is 6.04 Å². The van der Waals surface area contributed by atoms with E-state index in [1.54, 1.807) is 6.20 Å². The van der Waals surface area contributed by atoms with Crippen LogP contribution >= 0.6 is 0 Å². The lowest BCUT2D eigenvalue weighted by Crippen LogP contribution is -2.46. The topological polar surface area (TPSA) is 45.6 Å². The molecule has 1 aromatic heterocycles. The fourth-order valence-corrected chi connectivity index (χ4v) is 2.28. The SMILES string of the molecule is CCC1COCCN1c1ncc(CO)cc1C. The van der Waals surface area contributed by atoms with Crippen molar-refractivity contribution < 1.29 is 9.84 Å². The summed E-state index contributed by atoms with van der Waals surface area (Å²) >= 11 is 0. The van der Waals surface area contributed by atoms with Crippen molar-refractivity contribution in [2.24, 2.45) is 0 Å². The van der Waals surface area contributed by atoms with Crippen molar-refractivity contribution in [1.82, 2.24) is 4.98 Å². The summed E-state index contributed by atoms with van der Waals surface area (Å²) in [4.78, 5) is 6.80. The zero-order chi connectivity index (χ0) is 12.3. The summed E-state index contributed by atoms with van der Waals surface area (Å²) in [6, 6.07) is 2.42. The van der Waals surface area contributed by atoms with Gasteiger partial charge in [0.15, 0.2) is 0 Å². The number of hydrogen-bond acceptors (Lipinski definition) is 4. The molecule has 1 aliphatic rings. The first-order valence-electron chi connectivity index (χ1n) is 6.17. The molecule has 1 aliphatic heterocycles. The molecule has 1 unspecified atom stereocenters. The number of nitrogens with zero attached hydrogens (tertiary/aromatic N) is 2. The van der Waals surface area contributed by atoms with Gasteiger partial charge in [-0.1, -0.05) is 6.92 Å². The van der Waals surface area contributed by atoms with Gasteiger partial charge in [-0.2, -0.15) is 0 Å². The fraction of sp³-hybridized carbons (Fsp3) is 0.615. The molecule has 1 saturated heterocycles. The molecule has 94 valence electrons. The number of ether oxygens (including phenoxy) is 1. The maximum atomic E-state index is 9.09. The van der Waals surface area contributed by atoms with Crippen LogP contribution in [0.4, 0.5) is 5.82 Å². The van der Waals surface area contributed by atoms with E-state index in [1.807, 2.05) is 13.0 Å². The highest BCUT2D eigenvalue weighted by molar-refractivity contribution is 5.48. The molecule has 1 aromatic rings. The molecule has 1 fully saturated rings. The van der Waals surface area contributed by atoms with E-state index in [0.717, 1.165) is 43.1 Å². The summed E-state index contributed by atoms with van der Waals surface area (Å²) in [6.45, 7) is 6.70. The molecule has 4 heteroatoms. The Morgan fingerprint density at radius 1 is 1.59 bits per heavy atom. The molecule has 0 spiro atoms. The Hall–Kier alpha value is -1.13. The Bertz CT molecular complexity index is 382. The number of anilines is 1. The van der Waals surface area contributed by atoms with Gasteiger partial charge in [0.25, 0.3) is 0 Å². The first-order chi connectivity index (χ1) is 8.26. The van der Waals surface area contributed by atoms with Crippen molar-refractivity contribution >= 4 is 5.82 Å². The minimum atomic E-state index is 0.0500. The Morgan fingerprint density at radius 3 is 3.06 bits per heavy atom. The first kappa shape index (κ1) is 12.3. The Morgan fingerprint density at radius 2 is 2.41 bits per heavy atom. The Balaban J connectivity index is 2.25. The smallest absolute Gasteiger partial charge is 0.131 e. The number of pyridine rings is 1. The number of aliphatic hydroxyl groups is 1. The number of aryl methyl sites for hydroxylation is 1. The molecular weight excluding hydrogens is 216 g/mol. The molecular formula is C13H20N2O2. The van der Waals surface area contributed by atoms with E-state index in [2.05, 4.69) is 16.8 Å². The average Bonchev–Trinajstić information content (AvgIpc) is 2.38. The van der Waals surface area contributed by atoms with Gasteiger partial charge in [-0.3, -0.25) is 0 Å². The minimum Gasteiger partial charge on any atom is -0.392 e. The van der Waals surface area contributed by atoms with Gasteiger partial charge in [0.1, 0.15) is 5.82 Å². The maximum absolute atomic E-state index is 9.09. The highest BCUT2D eigenvalue weighted by atomic mass is 16.5. The summed E-state index contributed by atoms with van der Waals surface area (Å²) in [6.07, 6.45) is 2.81. The second-order valence-corrected chi connectivity index (χ2v) is 4.47. The third-order valence-electron chi connectivity index (χ3n) is 3.26. The molecule has 2 heterocycles. The lowest BCUT2D eigenvalue weighted by Gasteiger charge is -2.36. The molecule has 1 N–H and O–H groups in total. The van der Waals surface area contributed by atoms with Crippen LogP contribution in [0.2, 0.25) is 0 Å². The summed E-state index contributed by atoms with van der Waals surface area (Å²) in [5, 5.41) is 9.09. The lowest BCUT2D eigenvalue weighted by molar-refractivity contribution is 0.0925. The van der Waals surface area contributed by atoms with Crippen molar-refractivity contribution in [2.75, 3.05) is 24.7 Å². The molecule has 0 radical (unpaired) electrons. The fourth-order valence-electron chi connectivity index (χ4n) is 2.28. The zero-order valence-corrected chi connectivity index (χ0v) is 10.5. The van der Waals surface area contributed by atoms with E-state index in [1.165, 1.54) is 0 Å². The highest BCUT2D eigenvalue weighted by Gasteiger charge is 2.23. The molecule has 2 rings (SSSR count). The number of aromatic nitrogens is 1. The number of rotatable bonds is 3. The molecule has 0 bridgehead atoms. The maximum Gasteiger partial charge on any atom is 0.131 e. The highest BCUT2D eigenvalue weighted by Crippen LogP contribution is 2.23. The van der Waals surface area contributed by atoms with E-state index in [4.69, 9.17) is 9.84 Å². The first-order valence-corrected chi connectivity index (χ1v) is 6.17. The van der Waals surface area contributed by atoms with Crippen LogP contribution < -0.4 is 4.90 Å². The van der Waals surface area contributed by atoms with Crippen molar-refractivity contribution in [3.05, 3.63) is 23.4 Å². The second kappa shape index (κ2) is 5.47. The minimum absolute atomic E-state index is 0.0500. The van der Waals surface area contributed by atoms with Crippen molar-refractivity contribution in [3.8, 4) is 0 Å². The van der Waals surface area contributed by atoms with Crippen LogP contribution in [0.25, 0.3) is 0 Å². The van der Waals surface area contributed by atoms with Gasteiger partial charge in [0.05, 0.1) is 25.9 Å². The number of aliphatic hydroxyl groups excluding tert-OH is 1. The Kier molecular flexibility index (Phi) is 3.97. The number of morpholine rings is 1. The van der Waals surface area contributed by atoms with Crippen LogP contribution in [-0.2, 0) is 11.3 Å². The summed E-state index contributed by atoms with van der Waals surface area (Å²) in [5.41, 5.74) is 1.99. The third-order valence-corrected chi connectivity index (χ3v) is 3.26. The van der Waals surface area contributed by atoms with Gasteiger partial charge >= 0.3 is 0 Å². The molecule has 0 aliphatic carbocycles. The molecule has 17 heavy (non-hydrogen) atoms. The van der Waals surface area contributed by atoms with Crippen LogP contribution in [0.5, 0.6) is 0 Å². The van der Waals surface area contributed by atoms with Gasteiger partial charge < -0.3 is 14.7 Å². The van der Waals surface area contributed by atoms with Crippen LogP contribution in [0.1, 0.15) is 24.5 Å². The van der Waals surface area contributed by atoms with Gasteiger partial charge in [0, 0.05) is 12.7 Å². The van der Waals surface area contributed by atoms with E-state index >= 15 is 0 Å². The van der Waals surface area contributed by atoms with Crippen molar-refractivity contribution in [1.29, 1.82) is 0 Å². The third kappa shape index (κ3) is 2.58. The molecule has 1 atom stereocenters. The molecule has 0 amide bonds. The van der Waals surface area contributed by atoms with Crippen LogP contribution in [0.15, 0.2) is 12.3 Å².